The Morgan fingerprint density at radius 3 is 2.00 bits per heavy atom. The maximum atomic E-state index is 11.8. The second kappa shape index (κ2) is 20.3. The number of hydroxylamine groups is 2. The van der Waals surface area contributed by atoms with E-state index in [-0.39, 0.29) is 44.9 Å². The first-order valence-electron chi connectivity index (χ1n) is 17.9. The molecule has 0 bridgehead atoms. The van der Waals surface area contributed by atoms with Gasteiger partial charge in [-0.15, -0.1) is 5.06 Å². The quantitative estimate of drug-likeness (QED) is 0.106. The minimum Gasteiger partial charge on any atom is -0.493 e. The molecule has 0 saturated heterocycles. The number of hydrogen-bond acceptors (Lipinski definition) is 17. The number of nitrogens with one attached hydrogen (secondary N) is 1. The van der Waals surface area contributed by atoms with Gasteiger partial charge in [-0.25, -0.2) is 4.79 Å². The molecule has 55 heavy (non-hydrogen) atoms. The third-order valence-electron chi connectivity index (χ3n) is 9.12. The van der Waals surface area contributed by atoms with Gasteiger partial charge in [-0.1, -0.05) is 5.16 Å². The average molecular weight is 776 g/mol. The zero-order valence-electron chi connectivity index (χ0n) is 31.7. The smallest absolute Gasteiger partial charge is 0.335 e. The van der Waals surface area contributed by atoms with Crippen molar-refractivity contribution in [1.29, 1.82) is 0 Å². The first kappa shape index (κ1) is 41.4. The summed E-state index contributed by atoms with van der Waals surface area (Å²) in [5.41, 5.74) is 3.33. The van der Waals surface area contributed by atoms with Gasteiger partial charge in [0.15, 0.2) is 23.0 Å². The molecule has 2 heterocycles. The molecule has 2 aromatic carbocycles. The van der Waals surface area contributed by atoms with Crippen molar-refractivity contribution in [3.05, 3.63) is 41.0 Å². The monoisotopic (exact) mass is 775 g/mol. The van der Waals surface area contributed by atoms with Crippen LogP contribution in [0.25, 0.3) is 0 Å². The van der Waals surface area contributed by atoms with E-state index >= 15 is 0 Å². The largest absolute Gasteiger partial charge is 0.493 e. The lowest BCUT2D eigenvalue weighted by Gasteiger charge is -2.40. The second-order valence-corrected chi connectivity index (χ2v) is 12.6. The normalized spacial score (nSPS) is 18.4. The molecule has 0 fully saturated rings. The van der Waals surface area contributed by atoms with E-state index in [9.17, 15) is 19.5 Å². The summed E-state index contributed by atoms with van der Waals surface area (Å²) in [5.74, 6) is -0.490. The van der Waals surface area contributed by atoms with Gasteiger partial charge in [0.2, 0.25) is 12.5 Å². The first-order valence-corrected chi connectivity index (χ1v) is 17.9. The number of imide groups is 1. The van der Waals surface area contributed by atoms with Gasteiger partial charge in [-0.05, 0) is 35.4 Å². The number of hydrogen-bond donors (Lipinski definition) is 2. The molecule has 2 amide bonds. The van der Waals surface area contributed by atoms with Crippen molar-refractivity contribution in [3.8, 4) is 28.7 Å². The van der Waals surface area contributed by atoms with E-state index in [0.29, 0.717) is 80.0 Å². The Kier molecular flexibility index (Phi) is 15.3. The van der Waals surface area contributed by atoms with Crippen LogP contribution >= 0.6 is 0 Å². The molecule has 0 saturated carbocycles. The summed E-state index contributed by atoms with van der Waals surface area (Å²) in [5, 5.41) is 19.8. The predicted octanol–water partition coefficient (Wildman–Crippen LogP) is 1.77. The van der Waals surface area contributed by atoms with Crippen molar-refractivity contribution >= 4 is 23.5 Å². The number of amides is 2. The Hall–Kier alpha value is -4.72. The van der Waals surface area contributed by atoms with Gasteiger partial charge in [0, 0.05) is 43.7 Å². The minimum absolute atomic E-state index is 0.0467. The number of carbonyl (C=O) groups excluding carboxylic acids is 3. The lowest BCUT2D eigenvalue weighted by Crippen LogP contribution is -2.48. The van der Waals surface area contributed by atoms with Crippen LogP contribution in [-0.2, 0) is 43.0 Å². The van der Waals surface area contributed by atoms with Crippen LogP contribution in [0.2, 0.25) is 0 Å². The molecule has 1 aliphatic carbocycles. The Morgan fingerprint density at radius 1 is 0.836 bits per heavy atom. The summed E-state index contributed by atoms with van der Waals surface area (Å²) in [6.45, 7) is 5.26. The molecule has 302 valence electrons. The summed E-state index contributed by atoms with van der Waals surface area (Å²) in [6, 6.07) is 7.65. The van der Waals surface area contributed by atoms with Crippen LogP contribution < -0.4 is 29.0 Å². The number of rotatable bonds is 21. The number of fused-ring (bicyclic) bond motifs is 4. The minimum atomic E-state index is -0.988. The van der Waals surface area contributed by atoms with E-state index < -0.39 is 29.9 Å². The van der Waals surface area contributed by atoms with Crippen LogP contribution in [0.15, 0.2) is 29.4 Å². The summed E-state index contributed by atoms with van der Waals surface area (Å²) in [6.07, 6.45) is -1.11. The number of carbonyl (C=O) groups is 3. The molecule has 0 spiro atoms. The SMILES string of the molecule is COc1cc([C@@H]2c3cc4c(cc3C3=NOCC3[C@@H]2C(O)NCCOCCOCCOCCOCCC(=O)ON(C(C)=O)C(C)=O)OCO4)cc(OC)c1OC. The topological polar surface area (TPSA) is 201 Å². The molecule has 3 aliphatic rings. The molecule has 0 radical (unpaired) electrons. The Morgan fingerprint density at radius 2 is 1.42 bits per heavy atom. The summed E-state index contributed by atoms with van der Waals surface area (Å²) < 4.78 is 50.5. The number of ether oxygens (including phenoxy) is 9. The summed E-state index contributed by atoms with van der Waals surface area (Å²) in [4.78, 5) is 44.7. The fourth-order valence-electron chi connectivity index (χ4n) is 6.67. The van der Waals surface area contributed by atoms with Crippen molar-refractivity contribution in [1.82, 2.24) is 10.4 Å². The predicted molar refractivity (Wildman–Crippen MR) is 191 cm³/mol. The highest BCUT2D eigenvalue weighted by Crippen LogP contribution is 2.52. The first-order chi connectivity index (χ1) is 26.7. The van der Waals surface area contributed by atoms with Crippen LogP contribution in [-0.4, -0.2) is 134 Å². The molecular weight excluding hydrogens is 726 g/mol. The van der Waals surface area contributed by atoms with Crippen molar-refractivity contribution < 1.29 is 71.8 Å². The highest BCUT2D eigenvalue weighted by Gasteiger charge is 2.48. The molecule has 0 aromatic heterocycles. The maximum absolute atomic E-state index is 11.8. The molecule has 4 atom stereocenters. The van der Waals surface area contributed by atoms with Crippen molar-refractivity contribution in [2.24, 2.45) is 17.0 Å². The van der Waals surface area contributed by atoms with Gasteiger partial charge in [0.1, 0.15) is 12.8 Å². The Balaban J connectivity index is 1.06. The van der Waals surface area contributed by atoms with Gasteiger partial charge in [0.25, 0.3) is 11.8 Å². The molecular formula is C37H49N3O15. The van der Waals surface area contributed by atoms with E-state index in [1.165, 1.54) is 0 Å². The number of benzene rings is 2. The third kappa shape index (κ3) is 10.3. The lowest BCUT2D eigenvalue weighted by molar-refractivity contribution is -0.201. The van der Waals surface area contributed by atoms with Crippen LogP contribution in [0.1, 0.15) is 42.9 Å². The molecule has 5 rings (SSSR count). The fourth-order valence-corrected chi connectivity index (χ4v) is 6.67. The third-order valence-corrected chi connectivity index (χ3v) is 9.12. The lowest BCUT2D eigenvalue weighted by atomic mass is 9.65. The van der Waals surface area contributed by atoms with Gasteiger partial charge in [-0.2, -0.15) is 0 Å². The van der Waals surface area contributed by atoms with Crippen molar-refractivity contribution in [2.75, 3.05) is 94.1 Å². The highest BCUT2D eigenvalue weighted by molar-refractivity contribution is 6.06. The number of nitrogens with zero attached hydrogens (tertiary/aromatic N) is 2. The van der Waals surface area contributed by atoms with Gasteiger partial charge in [-0.3, -0.25) is 14.9 Å². The number of aliphatic hydroxyl groups is 1. The highest BCUT2D eigenvalue weighted by atomic mass is 16.7. The zero-order chi connectivity index (χ0) is 39.3. The Bertz CT molecular complexity index is 1630. The average Bonchev–Trinajstić information content (AvgIpc) is 3.86. The molecule has 2 aromatic rings. The van der Waals surface area contributed by atoms with E-state index in [4.69, 9.17) is 52.3 Å². The summed E-state index contributed by atoms with van der Waals surface area (Å²) in [7, 11) is 4.68. The van der Waals surface area contributed by atoms with Crippen LogP contribution in [0.5, 0.6) is 28.7 Å². The maximum Gasteiger partial charge on any atom is 0.335 e. The standard InChI is InChI=1S/C37H49N3O15/c1-22(41)40(23(2)42)55-32(43)6-8-48-10-12-50-14-15-51-13-11-49-9-7-38-37(44)34-27-20-54-39-35(27)26-19-29-28(52-21-53-29)18-25(26)33(34)24-16-30(45-3)36(47-5)31(17-24)46-4/h16-19,27,33-34,37-38,44H,6-15,20-21H2,1-5H3/t27?,33-,34+,37?/m1/s1. The zero-order valence-corrected chi connectivity index (χ0v) is 31.7. The summed E-state index contributed by atoms with van der Waals surface area (Å²) >= 11 is 0. The van der Waals surface area contributed by atoms with E-state index in [0.717, 1.165) is 36.2 Å². The van der Waals surface area contributed by atoms with Gasteiger partial charge < -0.3 is 57.4 Å². The molecule has 18 nitrogen and oxygen atoms in total. The Labute approximate surface area is 318 Å². The fraction of sp³-hybridized carbons (Fsp3) is 0.568. The second-order valence-electron chi connectivity index (χ2n) is 12.6. The van der Waals surface area contributed by atoms with E-state index in [1.807, 2.05) is 24.3 Å². The number of oxime groups is 1. The van der Waals surface area contributed by atoms with E-state index in [2.05, 4.69) is 10.5 Å². The van der Waals surface area contributed by atoms with E-state index in [1.54, 1.807) is 21.3 Å². The number of aliphatic hydroxyl groups excluding tert-OH is 1. The van der Waals surface area contributed by atoms with Gasteiger partial charge >= 0.3 is 5.97 Å². The van der Waals surface area contributed by atoms with Gasteiger partial charge in [0.05, 0.1) is 86.3 Å². The molecule has 2 N–H and O–H groups in total. The van der Waals surface area contributed by atoms with Crippen molar-refractivity contribution in [3.63, 3.8) is 0 Å². The number of methoxy groups -OCH3 is 3. The molecule has 18 heteroatoms. The van der Waals surface area contributed by atoms with Crippen LogP contribution in [0, 0.1) is 11.8 Å². The molecule has 2 aliphatic heterocycles. The van der Waals surface area contributed by atoms with Crippen LogP contribution in [0.3, 0.4) is 0 Å². The molecule has 2 unspecified atom stereocenters. The van der Waals surface area contributed by atoms with Crippen LogP contribution in [0.4, 0.5) is 0 Å². The van der Waals surface area contributed by atoms with Crippen molar-refractivity contribution in [2.45, 2.75) is 32.4 Å².